The highest BCUT2D eigenvalue weighted by molar-refractivity contribution is 5.91. The molecule has 48 heavy (non-hydrogen) atoms. The number of hydrogen-bond donors (Lipinski definition) is 1. The van der Waals surface area contributed by atoms with Crippen molar-refractivity contribution in [3.05, 3.63) is 78.4 Å². The highest BCUT2D eigenvalue weighted by Crippen LogP contribution is 2.39. The molecule has 2 aliphatic rings. The third-order valence-electron chi connectivity index (χ3n) is 9.26. The summed E-state index contributed by atoms with van der Waals surface area (Å²) in [5, 5.41) is 17.4. The number of carbonyl (C=O) groups is 1. The van der Waals surface area contributed by atoms with Crippen molar-refractivity contribution >= 4 is 23.6 Å². The van der Waals surface area contributed by atoms with Gasteiger partial charge in [-0.2, -0.15) is 15.3 Å². The first kappa shape index (κ1) is 32.9. The first-order chi connectivity index (χ1) is 23.4. The molecule has 1 aromatic carbocycles. The van der Waals surface area contributed by atoms with E-state index >= 15 is 0 Å². The van der Waals surface area contributed by atoms with Gasteiger partial charge in [0.2, 0.25) is 5.95 Å². The maximum Gasteiger partial charge on any atom is 0.325 e. The van der Waals surface area contributed by atoms with E-state index in [2.05, 4.69) is 33.3 Å². The van der Waals surface area contributed by atoms with Crippen LogP contribution in [0.15, 0.2) is 67.3 Å². The Bertz CT molecular complexity index is 1710. The Morgan fingerprint density at radius 3 is 2.58 bits per heavy atom. The van der Waals surface area contributed by atoms with Crippen molar-refractivity contribution < 1.29 is 9.53 Å². The first-order valence-corrected chi connectivity index (χ1v) is 16.7. The van der Waals surface area contributed by atoms with E-state index in [4.69, 9.17) is 14.7 Å². The van der Waals surface area contributed by atoms with Crippen LogP contribution in [0.5, 0.6) is 0 Å². The lowest BCUT2D eigenvalue weighted by Crippen LogP contribution is -2.47. The molecule has 12 nitrogen and oxygen atoms in total. The lowest BCUT2D eigenvalue weighted by Gasteiger charge is -2.37. The van der Waals surface area contributed by atoms with E-state index in [9.17, 15) is 10.1 Å². The Balaban J connectivity index is 1.16. The number of nitriles is 1. The summed E-state index contributed by atoms with van der Waals surface area (Å²) in [6.45, 7) is 6.50. The number of aromatic nitrogens is 5. The topological polar surface area (TPSA) is 128 Å². The molecule has 0 aliphatic carbocycles. The third kappa shape index (κ3) is 7.42. The summed E-state index contributed by atoms with van der Waals surface area (Å²) in [6, 6.07) is 16.1. The van der Waals surface area contributed by atoms with Crippen LogP contribution in [0.25, 0.3) is 11.1 Å². The summed E-state index contributed by atoms with van der Waals surface area (Å²) in [5.41, 5.74) is 3.65. The molecule has 12 heteroatoms. The van der Waals surface area contributed by atoms with Crippen LogP contribution >= 0.6 is 0 Å². The van der Waals surface area contributed by atoms with Gasteiger partial charge in [0.25, 0.3) is 0 Å². The average Bonchev–Trinajstić information content (AvgIpc) is 3.75. The molecule has 1 N–H and O–H groups in total. The van der Waals surface area contributed by atoms with Crippen molar-refractivity contribution in [3.63, 3.8) is 0 Å². The fraction of sp³-hybridized carbons (Fsp3) is 0.444. The van der Waals surface area contributed by atoms with Gasteiger partial charge in [0.1, 0.15) is 17.5 Å². The Hall–Kier alpha value is -5.02. The van der Waals surface area contributed by atoms with Crippen LogP contribution in [0.2, 0.25) is 0 Å². The number of hydrogen-bond acceptors (Lipinski definition) is 9. The predicted octanol–water partition coefficient (Wildman–Crippen LogP) is 5.49. The van der Waals surface area contributed by atoms with Gasteiger partial charge in [-0.15, -0.1) is 0 Å². The van der Waals surface area contributed by atoms with E-state index in [1.54, 1.807) is 15.8 Å². The number of pyridine rings is 1. The molecule has 2 amide bonds. The van der Waals surface area contributed by atoms with Crippen molar-refractivity contribution in [3.8, 4) is 17.2 Å². The van der Waals surface area contributed by atoms with Gasteiger partial charge in [-0.1, -0.05) is 43.7 Å². The minimum absolute atomic E-state index is 0.0674. The highest BCUT2D eigenvalue weighted by Gasteiger charge is 2.45. The second-order valence-electron chi connectivity index (χ2n) is 13.0. The van der Waals surface area contributed by atoms with Crippen LogP contribution in [0.4, 0.5) is 22.4 Å². The zero-order chi connectivity index (χ0) is 33.5. The van der Waals surface area contributed by atoms with Crippen LogP contribution in [-0.4, -0.2) is 81.6 Å². The smallest absolute Gasteiger partial charge is 0.325 e. The molecule has 4 aromatic rings. The van der Waals surface area contributed by atoms with Crippen molar-refractivity contribution in [1.82, 2.24) is 29.6 Å². The Morgan fingerprint density at radius 2 is 1.94 bits per heavy atom. The summed E-state index contributed by atoms with van der Waals surface area (Å²) >= 11 is 0. The van der Waals surface area contributed by atoms with E-state index in [0.717, 1.165) is 75.1 Å². The molecule has 5 heterocycles. The van der Waals surface area contributed by atoms with E-state index in [-0.39, 0.29) is 17.5 Å². The summed E-state index contributed by atoms with van der Waals surface area (Å²) in [4.78, 5) is 34.0. The summed E-state index contributed by atoms with van der Waals surface area (Å²) < 4.78 is 7.24. The molecule has 1 spiro atoms. The lowest BCUT2D eigenvalue weighted by molar-refractivity contribution is -0.0985. The monoisotopic (exact) mass is 648 g/mol. The fourth-order valence-electron chi connectivity index (χ4n) is 6.61. The van der Waals surface area contributed by atoms with Crippen LogP contribution in [-0.2, 0) is 18.3 Å². The van der Waals surface area contributed by atoms with E-state index in [0.29, 0.717) is 36.2 Å². The normalized spacial score (nSPS) is 15.5. The van der Waals surface area contributed by atoms with Gasteiger partial charge in [0.05, 0.1) is 25.6 Å². The van der Waals surface area contributed by atoms with Gasteiger partial charge < -0.3 is 19.9 Å². The van der Waals surface area contributed by atoms with Crippen molar-refractivity contribution in [2.24, 2.45) is 12.5 Å². The van der Waals surface area contributed by atoms with E-state index < -0.39 is 0 Å². The van der Waals surface area contributed by atoms with E-state index in [1.807, 2.05) is 80.1 Å². The number of nitrogens with zero attached hydrogens (tertiary/aromatic N) is 9. The SMILES string of the molecule is CCC[C@@H](CCCNc1ncc(C#N)c(N2CCC3(COC3)C2)n1)N(C(=O)N(C)Cc1ccccc1)c1ccc(-c2cnn(C)c2)cn1. The van der Waals surface area contributed by atoms with Crippen LogP contribution in [0, 0.1) is 16.7 Å². The number of nitrogens with one attached hydrogen (secondary N) is 1. The molecular formula is C36H44N10O2. The number of anilines is 3. The second-order valence-corrected chi connectivity index (χ2v) is 13.0. The molecule has 0 bridgehead atoms. The van der Waals surface area contributed by atoms with Gasteiger partial charge in [-0.3, -0.25) is 9.58 Å². The minimum Gasteiger partial charge on any atom is -0.380 e. The largest absolute Gasteiger partial charge is 0.380 e. The lowest BCUT2D eigenvalue weighted by atomic mass is 9.85. The van der Waals surface area contributed by atoms with Crippen molar-refractivity contribution in [1.29, 1.82) is 5.26 Å². The quantitative estimate of drug-likeness (QED) is 0.187. The summed E-state index contributed by atoms with van der Waals surface area (Å²) in [7, 11) is 3.73. The van der Waals surface area contributed by atoms with E-state index in [1.165, 1.54) is 0 Å². The number of amides is 2. The summed E-state index contributed by atoms with van der Waals surface area (Å²) in [5.74, 6) is 1.81. The number of urea groups is 1. The number of ether oxygens (including phenoxy) is 1. The molecule has 0 unspecified atom stereocenters. The molecule has 0 radical (unpaired) electrons. The van der Waals surface area contributed by atoms with Gasteiger partial charge in [0, 0.05) is 75.3 Å². The van der Waals surface area contributed by atoms with Gasteiger partial charge in [-0.25, -0.2) is 14.8 Å². The Labute approximate surface area is 282 Å². The molecule has 2 saturated heterocycles. The molecular weight excluding hydrogens is 604 g/mol. The average molecular weight is 649 g/mol. The number of carbonyl (C=O) groups excluding carboxylic acids is 1. The molecule has 2 aliphatic heterocycles. The maximum absolute atomic E-state index is 14.2. The maximum atomic E-state index is 14.2. The zero-order valence-corrected chi connectivity index (χ0v) is 28.0. The predicted molar refractivity (Wildman–Crippen MR) is 185 cm³/mol. The molecule has 3 aromatic heterocycles. The molecule has 2 fully saturated rings. The van der Waals surface area contributed by atoms with Gasteiger partial charge in [-0.05, 0) is 43.4 Å². The van der Waals surface area contributed by atoms with Crippen LogP contribution in [0.1, 0.15) is 50.2 Å². The highest BCUT2D eigenvalue weighted by atomic mass is 16.5. The molecule has 250 valence electrons. The molecule has 0 saturated carbocycles. The molecule has 6 rings (SSSR count). The van der Waals surface area contributed by atoms with Crippen LogP contribution in [0.3, 0.4) is 0 Å². The number of rotatable bonds is 13. The van der Waals surface area contributed by atoms with Gasteiger partial charge >= 0.3 is 6.03 Å². The Morgan fingerprint density at radius 1 is 1.10 bits per heavy atom. The van der Waals surface area contributed by atoms with Crippen molar-refractivity contribution in [2.45, 2.75) is 51.6 Å². The molecule has 1 atom stereocenters. The number of aryl methyl sites for hydroxylation is 1. The fourth-order valence-corrected chi connectivity index (χ4v) is 6.61. The minimum atomic E-state index is -0.0906. The first-order valence-electron chi connectivity index (χ1n) is 16.7. The standard InChI is InChI=1S/C36H44N10O2/c1-4-9-31(12-8-16-38-34-40-20-29(18-37)33(42-34)45-17-15-36(24-45)25-48-26-36)46(35(47)43(2)22-27-10-6-5-7-11-27)32-14-13-28(19-39-32)30-21-41-44(3)23-30/h5-7,10-11,13-14,19-21,23,31H,4,8-9,12,15-17,22,24-26H2,1-3H3,(H,38,40,42)/t31-/m0/s1. The van der Waals surface area contributed by atoms with Gasteiger partial charge in [0.15, 0.2) is 5.82 Å². The third-order valence-corrected chi connectivity index (χ3v) is 9.26. The summed E-state index contributed by atoms with van der Waals surface area (Å²) in [6.07, 6.45) is 11.5. The Kier molecular flexibility index (Phi) is 10.2. The zero-order valence-electron chi connectivity index (χ0n) is 28.0. The van der Waals surface area contributed by atoms with Crippen molar-refractivity contribution in [2.75, 3.05) is 55.0 Å². The van der Waals surface area contributed by atoms with Crippen LogP contribution < -0.4 is 15.1 Å². The number of benzene rings is 1. The second kappa shape index (κ2) is 14.8.